The number of pyridine rings is 1. The normalized spacial score (nSPS) is 14.5. The van der Waals surface area contributed by atoms with Gasteiger partial charge < -0.3 is 4.98 Å². The summed E-state index contributed by atoms with van der Waals surface area (Å²) in [5.41, 5.74) is 8.77. The van der Waals surface area contributed by atoms with E-state index in [4.69, 9.17) is 5.21 Å². The van der Waals surface area contributed by atoms with Crippen LogP contribution in [-0.2, 0) is 24.2 Å². The van der Waals surface area contributed by atoms with Gasteiger partial charge >= 0.3 is 0 Å². The summed E-state index contributed by atoms with van der Waals surface area (Å²) in [6.07, 6.45) is 6.87. The van der Waals surface area contributed by atoms with Crippen molar-refractivity contribution in [2.45, 2.75) is 26.3 Å². The second-order valence-electron chi connectivity index (χ2n) is 7.24. The van der Waals surface area contributed by atoms with Gasteiger partial charge in [-0.15, -0.1) is 0 Å². The van der Waals surface area contributed by atoms with Crippen LogP contribution in [-0.4, -0.2) is 39.1 Å². The average Bonchev–Trinajstić information content (AvgIpc) is 3.05. The zero-order valence-corrected chi connectivity index (χ0v) is 15.9. The Morgan fingerprint density at radius 2 is 2.25 bits per heavy atom. The van der Waals surface area contributed by atoms with E-state index in [0.29, 0.717) is 0 Å². The Hall–Kier alpha value is -2.96. The van der Waals surface area contributed by atoms with Gasteiger partial charge in [-0.05, 0) is 60.2 Å². The van der Waals surface area contributed by atoms with E-state index in [-0.39, 0.29) is 0 Å². The first-order valence-electron chi connectivity index (χ1n) is 9.52. The molecular weight excluding hydrogens is 352 g/mol. The van der Waals surface area contributed by atoms with Crippen LogP contribution in [0.2, 0.25) is 0 Å². The van der Waals surface area contributed by atoms with Crippen molar-refractivity contribution in [2.24, 2.45) is 0 Å². The molecule has 2 aromatic heterocycles. The van der Waals surface area contributed by atoms with Crippen molar-refractivity contribution in [1.82, 2.24) is 20.3 Å². The number of rotatable bonds is 5. The van der Waals surface area contributed by atoms with Crippen LogP contribution in [0.1, 0.15) is 27.9 Å². The van der Waals surface area contributed by atoms with Crippen molar-refractivity contribution in [3.05, 3.63) is 70.6 Å². The number of nitrogens with zero attached hydrogens (tertiary/aromatic N) is 2. The Morgan fingerprint density at radius 3 is 3.11 bits per heavy atom. The largest absolute Gasteiger partial charge is 0.343 e. The Labute approximate surface area is 163 Å². The number of aromatic amines is 1. The number of carbonyl (C=O) groups is 1. The summed E-state index contributed by atoms with van der Waals surface area (Å²) in [6.45, 7) is 5.10. The average molecular weight is 376 g/mol. The van der Waals surface area contributed by atoms with Crippen LogP contribution in [0.4, 0.5) is 0 Å². The van der Waals surface area contributed by atoms with Gasteiger partial charge in [-0.3, -0.25) is 14.9 Å². The standard InChI is InChI=1S/C22H24N4O2/c1-15-19(20-3-2-10-23-22(20)24-15)9-12-26-11-8-17-13-16(4-6-18(17)14-26)5-7-21(27)25-28/h2-7,10,13,28H,8-9,11-12,14H2,1H3,(H,23,24)(H,25,27)/b7-5+. The van der Waals surface area contributed by atoms with Crippen LogP contribution < -0.4 is 5.48 Å². The summed E-state index contributed by atoms with van der Waals surface area (Å²) in [5.74, 6) is -0.522. The molecule has 6 nitrogen and oxygen atoms in total. The number of benzene rings is 1. The number of aromatic nitrogens is 2. The van der Waals surface area contributed by atoms with Crippen LogP contribution in [0.15, 0.2) is 42.6 Å². The molecule has 28 heavy (non-hydrogen) atoms. The highest BCUT2D eigenvalue weighted by Crippen LogP contribution is 2.24. The van der Waals surface area contributed by atoms with Gasteiger partial charge in [0, 0.05) is 43.0 Å². The number of amides is 1. The molecule has 6 heteroatoms. The summed E-state index contributed by atoms with van der Waals surface area (Å²) in [4.78, 5) is 21.4. The summed E-state index contributed by atoms with van der Waals surface area (Å²) >= 11 is 0. The Balaban J connectivity index is 1.42. The number of hydrogen-bond donors (Lipinski definition) is 3. The lowest BCUT2D eigenvalue weighted by Gasteiger charge is -2.29. The summed E-state index contributed by atoms with van der Waals surface area (Å²) in [7, 11) is 0. The minimum Gasteiger partial charge on any atom is -0.343 e. The number of hydroxylamine groups is 1. The van der Waals surface area contributed by atoms with Gasteiger partial charge in [0.05, 0.1) is 0 Å². The van der Waals surface area contributed by atoms with Gasteiger partial charge in [-0.2, -0.15) is 0 Å². The van der Waals surface area contributed by atoms with E-state index >= 15 is 0 Å². The first-order chi connectivity index (χ1) is 13.6. The van der Waals surface area contributed by atoms with Gasteiger partial charge in [0.15, 0.2) is 0 Å². The van der Waals surface area contributed by atoms with E-state index < -0.39 is 5.91 Å². The SMILES string of the molecule is Cc1[nH]c2ncccc2c1CCN1CCc2cc(/C=C/C(=O)NO)ccc2C1. The molecule has 0 aliphatic carbocycles. The first-order valence-corrected chi connectivity index (χ1v) is 9.52. The zero-order chi connectivity index (χ0) is 19.5. The van der Waals surface area contributed by atoms with Gasteiger partial charge in [0.1, 0.15) is 5.65 Å². The molecule has 0 fully saturated rings. The minimum atomic E-state index is -0.522. The number of nitrogens with one attached hydrogen (secondary N) is 2. The van der Waals surface area contributed by atoms with E-state index in [0.717, 1.165) is 43.7 Å². The first kappa shape index (κ1) is 18.4. The van der Waals surface area contributed by atoms with E-state index in [1.165, 1.54) is 33.8 Å². The smallest absolute Gasteiger partial charge is 0.267 e. The van der Waals surface area contributed by atoms with Crippen LogP contribution in [0.25, 0.3) is 17.1 Å². The maximum Gasteiger partial charge on any atom is 0.267 e. The molecule has 3 heterocycles. The molecule has 1 aliphatic heterocycles. The van der Waals surface area contributed by atoms with E-state index in [9.17, 15) is 4.79 Å². The summed E-state index contributed by atoms with van der Waals surface area (Å²) in [6, 6.07) is 10.4. The fraction of sp³-hybridized carbons (Fsp3) is 0.273. The Kier molecular flexibility index (Phi) is 5.23. The van der Waals surface area contributed by atoms with Crippen molar-refractivity contribution in [1.29, 1.82) is 0 Å². The third-order valence-electron chi connectivity index (χ3n) is 5.43. The van der Waals surface area contributed by atoms with Gasteiger partial charge in [-0.1, -0.05) is 18.2 Å². The van der Waals surface area contributed by atoms with E-state index in [2.05, 4.69) is 40.0 Å². The van der Waals surface area contributed by atoms with Crippen molar-refractivity contribution in [3.8, 4) is 0 Å². The zero-order valence-electron chi connectivity index (χ0n) is 15.9. The molecule has 0 bridgehead atoms. The Bertz CT molecular complexity index is 1040. The number of aryl methyl sites for hydroxylation is 1. The maximum absolute atomic E-state index is 11.1. The molecule has 4 rings (SSSR count). The number of hydrogen-bond acceptors (Lipinski definition) is 4. The van der Waals surface area contributed by atoms with E-state index in [1.807, 2.05) is 18.3 Å². The molecule has 3 aromatic rings. The number of H-pyrrole nitrogens is 1. The molecule has 0 saturated carbocycles. The molecule has 0 saturated heterocycles. The van der Waals surface area contributed by atoms with Crippen molar-refractivity contribution >= 4 is 23.0 Å². The van der Waals surface area contributed by atoms with Crippen LogP contribution in [0.3, 0.4) is 0 Å². The van der Waals surface area contributed by atoms with Crippen LogP contribution >= 0.6 is 0 Å². The number of carbonyl (C=O) groups excluding carboxylic acids is 1. The fourth-order valence-corrected chi connectivity index (χ4v) is 3.93. The van der Waals surface area contributed by atoms with Crippen LogP contribution in [0, 0.1) is 6.92 Å². The molecule has 144 valence electrons. The highest BCUT2D eigenvalue weighted by Gasteiger charge is 2.17. The summed E-state index contributed by atoms with van der Waals surface area (Å²) < 4.78 is 0. The molecule has 1 aliphatic rings. The van der Waals surface area contributed by atoms with Gasteiger partial charge in [0.2, 0.25) is 0 Å². The minimum absolute atomic E-state index is 0.522. The molecule has 0 spiro atoms. The molecule has 0 atom stereocenters. The molecule has 3 N–H and O–H groups in total. The topological polar surface area (TPSA) is 81.2 Å². The lowest BCUT2D eigenvalue weighted by atomic mass is 9.96. The van der Waals surface area contributed by atoms with Crippen molar-refractivity contribution < 1.29 is 10.0 Å². The second kappa shape index (κ2) is 7.96. The van der Waals surface area contributed by atoms with Crippen LogP contribution in [0.5, 0.6) is 0 Å². The lowest BCUT2D eigenvalue weighted by molar-refractivity contribution is -0.124. The fourth-order valence-electron chi connectivity index (χ4n) is 3.93. The van der Waals surface area contributed by atoms with Crippen molar-refractivity contribution in [2.75, 3.05) is 13.1 Å². The predicted octanol–water partition coefficient (Wildman–Crippen LogP) is 2.99. The molecule has 0 radical (unpaired) electrons. The Morgan fingerprint density at radius 1 is 1.36 bits per heavy atom. The molecule has 1 aromatic carbocycles. The highest BCUT2D eigenvalue weighted by atomic mass is 16.5. The highest BCUT2D eigenvalue weighted by molar-refractivity contribution is 5.90. The molecule has 1 amide bonds. The molecular formula is C22H24N4O2. The summed E-state index contributed by atoms with van der Waals surface area (Å²) in [5, 5.41) is 9.79. The predicted molar refractivity (Wildman–Crippen MR) is 109 cm³/mol. The third-order valence-corrected chi connectivity index (χ3v) is 5.43. The lowest BCUT2D eigenvalue weighted by Crippen LogP contribution is -2.32. The van der Waals surface area contributed by atoms with Crippen molar-refractivity contribution in [3.63, 3.8) is 0 Å². The monoisotopic (exact) mass is 376 g/mol. The number of fused-ring (bicyclic) bond motifs is 2. The van der Waals surface area contributed by atoms with Gasteiger partial charge in [-0.25, -0.2) is 10.5 Å². The second-order valence-corrected chi connectivity index (χ2v) is 7.24. The van der Waals surface area contributed by atoms with E-state index in [1.54, 1.807) is 11.6 Å². The molecule has 0 unspecified atom stereocenters. The third kappa shape index (κ3) is 3.83. The van der Waals surface area contributed by atoms with Gasteiger partial charge in [0.25, 0.3) is 5.91 Å². The maximum atomic E-state index is 11.1. The quantitative estimate of drug-likeness (QED) is 0.363.